The first-order chi connectivity index (χ1) is 10.1. The Hall–Kier alpha value is -1.94. The van der Waals surface area contributed by atoms with Crippen LogP contribution in [0.5, 0.6) is 0 Å². The third-order valence-electron chi connectivity index (χ3n) is 3.19. The third kappa shape index (κ3) is 4.53. The summed E-state index contributed by atoms with van der Waals surface area (Å²) in [5.74, 6) is -0.282. The van der Waals surface area contributed by atoms with Gasteiger partial charge in [0.05, 0.1) is 6.04 Å². The molecule has 0 aromatic heterocycles. The Balaban J connectivity index is 2.07. The summed E-state index contributed by atoms with van der Waals surface area (Å²) in [6.07, 6.45) is 0.487. The average molecular weight is 346 g/mol. The molecule has 1 N–H and O–H groups in total. The lowest BCUT2D eigenvalue weighted by atomic mass is 10.0. The molecule has 1 amide bonds. The monoisotopic (exact) mass is 345 g/mol. The van der Waals surface area contributed by atoms with Crippen LogP contribution in [0.2, 0.25) is 0 Å². The van der Waals surface area contributed by atoms with E-state index in [4.69, 9.17) is 0 Å². The van der Waals surface area contributed by atoms with Gasteiger partial charge in [0.25, 0.3) is 5.91 Å². The van der Waals surface area contributed by atoms with E-state index in [0.29, 0.717) is 12.0 Å². The van der Waals surface area contributed by atoms with Gasteiger partial charge in [0, 0.05) is 10.0 Å². The van der Waals surface area contributed by atoms with Gasteiger partial charge in [0.15, 0.2) is 5.78 Å². The van der Waals surface area contributed by atoms with E-state index in [1.807, 2.05) is 30.3 Å². The number of Topliss-reactive ketones (excluding diaryl/α,β-unsaturated/α-hetero) is 1. The molecule has 0 heterocycles. The number of rotatable bonds is 5. The number of halogens is 1. The summed E-state index contributed by atoms with van der Waals surface area (Å²) >= 11 is 3.37. The standard InChI is InChI=1S/C17H16BrNO2/c1-12(20)16(11-13-7-9-15(18)10-8-13)19-17(21)14-5-3-2-4-6-14/h2-10,16H,11H2,1H3,(H,19,21)/t16-/m0/s1. The molecule has 1 atom stereocenters. The van der Waals surface area contributed by atoms with E-state index in [1.54, 1.807) is 24.3 Å². The van der Waals surface area contributed by atoms with E-state index in [2.05, 4.69) is 21.2 Å². The number of ketones is 1. The Morgan fingerprint density at radius 1 is 1.05 bits per heavy atom. The van der Waals surface area contributed by atoms with Crippen molar-refractivity contribution in [1.29, 1.82) is 0 Å². The minimum absolute atomic E-state index is 0.0535. The fourth-order valence-corrected chi connectivity index (χ4v) is 2.25. The van der Waals surface area contributed by atoms with Crippen molar-refractivity contribution in [3.8, 4) is 0 Å². The first-order valence-electron chi connectivity index (χ1n) is 6.67. The number of hydrogen-bond donors (Lipinski definition) is 1. The van der Waals surface area contributed by atoms with Crippen molar-refractivity contribution in [2.45, 2.75) is 19.4 Å². The summed E-state index contributed by atoms with van der Waals surface area (Å²) in [7, 11) is 0. The van der Waals surface area contributed by atoms with Crippen LogP contribution in [0.3, 0.4) is 0 Å². The second kappa shape index (κ2) is 7.18. The van der Waals surface area contributed by atoms with Gasteiger partial charge in [-0.05, 0) is 43.2 Å². The highest BCUT2D eigenvalue weighted by atomic mass is 79.9. The first kappa shape index (κ1) is 15.4. The molecule has 2 rings (SSSR count). The fourth-order valence-electron chi connectivity index (χ4n) is 1.98. The van der Waals surface area contributed by atoms with Gasteiger partial charge < -0.3 is 5.32 Å². The van der Waals surface area contributed by atoms with Gasteiger partial charge >= 0.3 is 0 Å². The molecule has 0 aliphatic rings. The molecule has 0 fully saturated rings. The van der Waals surface area contributed by atoms with Gasteiger partial charge in [-0.3, -0.25) is 9.59 Å². The van der Waals surface area contributed by atoms with Gasteiger partial charge in [-0.15, -0.1) is 0 Å². The van der Waals surface area contributed by atoms with Gasteiger partial charge in [-0.25, -0.2) is 0 Å². The molecule has 0 aliphatic carbocycles. The summed E-state index contributed by atoms with van der Waals surface area (Å²) < 4.78 is 0.985. The van der Waals surface area contributed by atoms with Crippen molar-refractivity contribution in [3.63, 3.8) is 0 Å². The maximum absolute atomic E-state index is 12.1. The highest BCUT2D eigenvalue weighted by Gasteiger charge is 2.18. The lowest BCUT2D eigenvalue weighted by Crippen LogP contribution is -2.41. The minimum Gasteiger partial charge on any atom is -0.342 e. The predicted octanol–water partition coefficient (Wildman–Crippen LogP) is 3.38. The zero-order valence-electron chi connectivity index (χ0n) is 11.7. The van der Waals surface area contributed by atoms with Crippen molar-refractivity contribution in [3.05, 3.63) is 70.2 Å². The first-order valence-corrected chi connectivity index (χ1v) is 7.46. The summed E-state index contributed by atoms with van der Waals surface area (Å²) in [5.41, 5.74) is 1.56. The van der Waals surface area contributed by atoms with Crippen LogP contribution in [-0.2, 0) is 11.2 Å². The topological polar surface area (TPSA) is 46.2 Å². The quantitative estimate of drug-likeness (QED) is 0.902. The molecule has 0 bridgehead atoms. The molecule has 2 aromatic carbocycles. The zero-order chi connectivity index (χ0) is 15.2. The summed E-state index contributed by atoms with van der Waals surface area (Å²) in [5, 5.41) is 2.80. The molecular weight excluding hydrogens is 330 g/mol. The number of hydrogen-bond acceptors (Lipinski definition) is 2. The second-order valence-electron chi connectivity index (χ2n) is 4.83. The summed E-state index contributed by atoms with van der Waals surface area (Å²) in [6.45, 7) is 1.49. The number of carbonyl (C=O) groups excluding carboxylic acids is 2. The lowest BCUT2D eigenvalue weighted by molar-refractivity contribution is -0.118. The summed E-state index contributed by atoms with van der Waals surface area (Å²) in [4.78, 5) is 23.9. The van der Waals surface area contributed by atoms with E-state index >= 15 is 0 Å². The van der Waals surface area contributed by atoms with Gasteiger partial charge in [0.1, 0.15) is 0 Å². The van der Waals surface area contributed by atoms with Crippen molar-refractivity contribution in [2.24, 2.45) is 0 Å². The Bertz CT molecular complexity index is 623. The third-order valence-corrected chi connectivity index (χ3v) is 3.71. The molecule has 0 aliphatic heterocycles. The van der Waals surface area contributed by atoms with Crippen LogP contribution in [0.4, 0.5) is 0 Å². The average Bonchev–Trinajstić information content (AvgIpc) is 2.49. The van der Waals surface area contributed by atoms with Crippen LogP contribution < -0.4 is 5.32 Å². The summed E-state index contributed by atoms with van der Waals surface area (Å²) in [6, 6.07) is 16.1. The lowest BCUT2D eigenvalue weighted by Gasteiger charge is -2.16. The molecule has 0 unspecified atom stereocenters. The molecule has 21 heavy (non-hydrogen) atoms. The van der Waals surface area contributed by atoms with E-state index in [-0.39, 0.29) is 11.7 Å². The van der Waals surface area contributed by atoms with Crippen LogP contribution in [0.25, 0.3) is 0 Å². The van der Waals surface area contributed by atoms with Gasteiger partial charge in [-0.1, -0.05) is 46.3 Å². The van der Waals surface area contributed by atoms with Gasteiger partial charge in [-0.2, -0.15) is 0 Å². The highest BCUT2D eigenvalue weighted by molar-refractivity contribution is 9.10. The molecule has 0 saturated heterocycles. The second-order valence-corrected chi connectivity index (χ2v) is 5.75. The molecule has 4 heteroatoms. The SMILES string of the molecule is CC(=O)[C@H](Cc1ccc(Br)cc1)NC(=O)c1ccccc1. The van der Waals surface area contributed by atoms with Crippen molar-refractivity contribution in [2.75, 3.05) is 0 Å². The Kier molecular flexibility index (Phi) is 5.28. The molecular formula is C17H16BrNO2. The minimum atomic E-state index is -0.515. The van der Waals surface area contributed by atoms with Crippen LogP contribution in [0.15, 0.2) is 59.1 Å². The molecule has 0 spiro atoms. The smallest absolute Gasteiger partial charge is 0.251 e. The van der Waals surface area contributed by atoms with Crippen LogP contribution in [0, 0.1) is 0 Å². The van der Waals surface area contributed by atoms with E-state index in [9.17, 15) is 9.59 Å². The van der Waals surface area contributed by atoms with E-state index in [0.717, 1.165) is 10.0 Å². The van der Waals surface area contributed by atoms with Crippen molar-refractivity contribution < 1.29 is 9.59 Å². The molecule has 2 aromatic rings. The van der Waals surface area contributed by atoms with Crippen LogP contribution in [-0.4, -0.2) is 17.7 Å². The normalized spacial score (nSPS) is 11.7. The molecule has 108 valence electrons. The predicted molar refractivity (Wildman–Crippen MR) is 86.2 cm³/mol. The number of carbonyl (C=O) groups is 2. The number of benzene rings is 2. The van der Waals surface area contributed by atoms with Crippen LogP contribution >= 0.6 is 15.9 Å². The molecule has 0 radical (unpaired) electrons. The number of amides is 1. The Morgan fingerprint density at radius 3 is 2.24 bits per heavy atom. The maximum atomic E-state index is 12.1. The molecule has 0 saturated carbocycles. The zero-order valence-corrected chi connectivity index (χ0v) is 13.3. The number of nitrogens with one attached hydrogen (secondary N) is 1. The molecule has 3 nitrogen and oxygen atoms in total. The van der Waals surface area contributed by atoms with Crippen LogP contribution in [0.1, 0.15) is 22.8 Å². The largest absolute Gasteiger partial charge is 0.342 e. The van der Waals surface area contributed by atoms with Gasteiger partial charge in [0.2, 0.25) is 0 Å². The van der Waals surface area contributed by atoms with Crippen molar-refractivity contribution >= 4 is 27.6 Å². The Morgan fingerprint density at radius 2 is 1.67 bits per heavy atom. The van der Waals surface area contributed by atoms with E-state index in [1.165, 1.54) is 6.92 Å². The van der Waals surface area contributed by atoms with Crippen molar-refractivity contribution in [1.82, 2.24) is 5.32 Å². The Labute approximate surface area is 132 Å². The highest BCUT2D eigenvalue weighted by Crippen LogP contribution is 2.12. The maximum Gasteiger partial charge on any atom is 0.251 e. The van der Waals surface area contributed by atoms with E-state index < -0.39 is 6.04 Å². The fraction of sp³-hybridized carbons (Fsp3) is 0.176.